The van der Waals surface area contributed by atoms with Gasteiger partial charge in [-0.25, -0.2) is 12.8 Å². The van der Waals surface area contributed by atoms with E-state index in [9.17, 15) is 17.6 Å². The number of ether oxygens (including phenoxy) is 1. The Bertz CT molecular complexity index is 1310. The van der Waals surface area contributed by atoms with Gasteiger partial charge in [0.2, 0.25) is 10.0 Å². The summed E-state index contributed by atoms with van der Waals surface area (Å²) in [5, 5.41) is 0. The van der Waals surface area contributed by atoms with Crippen LogP contribution >= 0.6 is 0 Å². The summed E-state index contributed by atoms with van der Waals surface area (Å²) in [5.74, 6) is 0.107. The molecule has 1 fully saturated rings. The molecule has 0 aliphatic carbocycles. The molecule has 1 aliphatic rings. The first-order valence-electron chi connectivity index (χ1n) is 12.0. The summed E-state index contributed by atoms with van der Waals surface area (Å²) in [5.41, 5.74) is 3.12. The van der Waals surface area contributed by atoms with Crippen molar-refractivity contribution in [2.45, 2.75) is 43.2 Å². The molecule has 1 atom stereocenters. The quantitative estimate of drug-likeness (QED) is 0.391. The standard InChI is InChI=1S/C28H31FN2O4S/c1-30(2)26-10-4-3-8-22(26)20-35-24-9-5-7-21(19-24)12-17-28(32)27-11-6-18-31(27)36(33,34)25-15-13-23(29)14-16-25/h3-5,7-10,13-16,19,27H,6,11-12,17-18,20H2,1-2H3/t27-/m0/s1. The number of hydrogen-bond acceptors (Lipinski definition) is 5. The van der Waals surface area contributed by atoms with Crippen LogP contribution in [0.3, 0.4) is 0 Å². The number of halogens is 1. The first kappa shape index (κ1) is 25.9. The van der Waals surface area contributed by atoms with Crippen molar-refractivity contribution in [2.75, 3.05) is 25.5 Å². The van der Waals surface area contributed by atoms with Crippen molar-refractivity contribution in [3.8, 4) is 5.75 Å². The van der Waals surface area contributed by atoms with Crippen LogP contribution in [0.25, 0.3) is 0 Å². The Labute approximate surface area is 212 Å². The molecule has 190 valence electrons. The first-order valence-corrected chi connectivity index (χ1v) is 13.5. The molecule has 8 heteroatoms. The summed E-state index contributed by atoms with van der Waals surface area (Å²) in [7, 11) is 0.125. The number of ketones is 1. The van der Waals surface area contributed by atoms with Gasteiger partial charge in [0, 0.05) is 38.3 Å². The first-order chi connectivity index (χ1) is 17.3. The molecule has 3 aromatic rings. The van der Waals surface area contributed by atoms with Gasteiger partial charge in [-0.2, -0.15) is 4.31 Å². The second-order valence-electron chi connectivity index (χ2n) is 9.15. The monoisotopic (exact) mass is 510 g/mol. The van der Waals surface area contributed by atoms with E-state index in [4.69, 9.17) is 4.74 Å². The number of sulfonamides is 1. The minimum absolute atomic E-state index is 0.00397. The Morgan fingerprint density at radius 1 is 1.06 bits per heavy atom. The molecule has 1 saturated heterocycles. The van der Waals surface area contributed by atoms with Gasteiger partial charge in [-0.15, -0.1) is 0 Å². The van der Waals surface area contributed by atoms with Crippen LogP contribution in [0.2, 0.25) is 0 Å². The van der Waals surface area contributed by atoms with Crippen LogP contribution in [0.4, 0.5) is 10.1 Å². The van der Waals surface area contributed by atoms with Crippen LogP contribution in [0.1, 0.15) is 30.4 Å². The van der Waals surface area contributed by atoms with E-state index in [1.165, 1.54) is 16.4 Å². The number of Topliss-reactive ketones (excluding diaryl/α,β-unsaturated/α-hetero) is 1. The van der Waals surface area contributed by atoms with Crippen LogP contribution in [0.5, 0.6) is 5.75 Å². The summed E-state index contributed by atoms with van der Waals surface area (Å²) in [4.78, 5) is 15.1. The Hall–Kier alpha value is -3.23. The summed E-state index contributed by atoms with van der Waals surface area (Å²) < 4.78 is 46.7. The largest absolute Gasteiger partial charge is 0.489 e. The summed E-state index contributed by atoms with van der Waals surface area (Å²) in [6.45, 7) is 0.711. The van der Waals surface area contributed by atoms with E-state index in [1.807, 2.05) is 67.5 Å². The molecule has 4 rings (SSSR count). The average molecular weight is 511 g/mol. The predicted octanol–water partition coefficient (Wildman–Crippen LogP) is 4.83. The molecule has 0 radical (unpaired) electrons. The number of rotatable bonds is 10. The van der Waals surface area contributed by atoms with Gasteiger partial charge in [-0.1, -0.05) is 30.3 Å². The third-order valence-corrected chi connectivity index (χ3v) is 8.34. The Morgan fingerprint density at radius 2 is 1.81 bits per heavy atom. The fourth-order valence-electron chi connectivity index (χ4n) is 4.55. The lowest BCUT2D eigenvalue weighted by Gasteiger charge is -2.23. The number of benzene rings is 3. The van der Waals surface area contributed by atoms with E-state index in [2.05, 4.69) is 0 Å². The summed E-state index contributed by atoms with van der Waals surface area (Å²) in [6.07, 6.45) is 1.83. The van der Waals surface area contributed by atoms with Crippen molar-refractivity contribution in [2.24, 2.45) is 0 Å². The predicted molar refractivity (Wildman–Crippen MR) is 138 cm³/mol. The highest BCUT2D eigenvalue weighted by Crippen LogP contribution is 2.28. The van der Waals surface area contributed by atoms with Crippen molar-refractivity contribution in [1.29, 1.82) is 0 Å². The maximum atomic E-state index is 13.3. The van der Waals surface area contributed by atoms with Gasteiger partial charge in [0.05, 0.1) is 10.9 Å². The zero-order valence-corrected chi connectivity index (χ0v) is 21.4. The van der Waals surface area contributed by atoms with Crippen LogP contribution in [0, 0.1) is 5.82 Å². The molecule has 0 aromatic heterocycles. The molecule has 0 bridgehead atoms. The van der Waals surface area contributed by atoms with E-state index in [0.717, 1.165) is 34.7 Å². The molecule has 0 unspecified atom stereocenters. The van der Waals surface area contributed by atoms with Crippen molar-refractivity contribution >= 4 is 21.5 Å². The van der Waals surface area contributed by atoms with Crippen LogP contribution in [-0.2, 0) is 27.8 Å². The highest BCUT2D eigenvalue weighted by atomic mass is 32.2. The third kappa shape index (κ3) is 5.94. The van der Waals surface area contributed by atoms with Gasteiger partial charge in [0.15, 0.2) is 5.78 Å². The fraction of sp³-hybridized carbons (Fsp3) is 0.321. The number of hydrogen-bond donors (Lipinski definition) is 0. The van der Waals surface area contributed by atoms with Crippen LogP contribution in [-0.4, -0.2) is 45.2 Å². The van der Waals surface area contributed by atoms with Gasteiger partial charge in [-0.05, 0) is 67.3 Å². The summed E-state index contributed by atoms with van der Waals surface area (Å²) >= 11 is 0. The molecule has 0 amide bonds. The average Bonchev–Trinajstić information content (AvgIpc) is 3.38. The topological polar surface area (TPSA) is 66.9 Å². The lowest BCUT2D eigenvalue weighted by Crippen LogP contribution is -2.40. The van der Waals surface area contributed by atoms with Gasteiger partial charge < -0.3 is 9.64 Å². The molecule has 1 aliphatic heterocycles. The zero-order chi connectivity index (χ0) is 25.7. The second-order valence-corrected chi connectivity index (χ2v) is 11.0. The SMILES string of the molecule is CN(C)c1ccccc1COc1cccc(CCC(=O)[C@@H]2CCCN2S(=O)(=O)c2ccc(F)cc2)c1. The van der Waals surface area contributed by atoms with Gasteiger partial charge >= 0.3 is 0 Å². The number of aryl methyl sites for hydroxylation is 1. The van der Waals surface area contributed by atoms with Crippen LogP contribution in [0.15, 0.2) is 77.7 Å². The van der Waals surface area contributed by atoms with E-state index in [0.29, 0.717) is 25.9 Å². The van der Waals surface area contributed by atoms with Crippen molar-refractivity contribution in [3.63, 3.8) is 0 Å². The number of carbonyl (C=O) groups is 1. The Kier molecular flexibility index (Phi) is 8.06. The molecule has 1 heterocycles. The highest BCUT2D eigenvalue weighted by molar-refractivity contribution is 7.89. The maximum Gasteiger partial charge on any atom is 0.243 e. The molecule has 3 aromatic carbocycles. The number of anilines is 1. The number of nitrogens with zero attached hydrogens (tertiary/aromatic N) is 2. The van der Waals surface area contributed by atoms with Crippen molar-refractivity contribution in [3.05, 3.63) is 89.7 Å². The second kappa shape index (κ2) is 11.2. The Balaban J connectivity index is 1.38. The molecular weight excluding hydrogens is 479 g/mol. The third-order valence-electron chi connectivity index (χ3n) is 6.42. The molecule has 0 saturated carbocycles. The summed E-state index contributed by atoms with van der Waals surface area (Å²) in [6, 6.07) is 19.7. The van der Waals surface area contributed by atoms with Gasteiger partial charge in [0.25, 0.3) is 0 Å². The highest BCUT2D eigenvalue weighted by Gasteiger charge is 2.38. The smallest absolute Gasteiger partial charge is 0.243 e. The molecule has 0 N–H and O–H groups in total. The number of carbonyl (C=O) groups excluding carboxylic acids is 1. The lowest BCUT2D eigenvalue weighted by atomic mass is 10.0. The Morgan fingerprint density at radius 3 is 2.56 bits per heavy atom. The minimum Gasteiger partial charge on any atom is -0.489 e. The number of para-hydroxylation sites is 1. The van der Waals surface area contributed by atoms with E-state index >= 15 is 0 Å². The zero-order valence-electron chi connectivity index (χ0n) is 20.6. The van der Waals surface area contributed by atoms with E-state index in [-0.39, 0.29) is 23.6 Å². The normalized spacial score (nSPS) is 16.1. The molecular formula is C28H31FN2O4S. The maximum absolute atomic E-state index is 13.3. The fourth-order valence-corrected chi connectivity index (χ4v) is 6.22. The van der Waals surface area contributed by atoms with E-state index < -0.39 is 21.9 Å². The lowest BCUT2D eigenvalue weighted by molar-refractivity contribution is -0.122. The van der Waals surface area contributed by atoms with Crippen molar-refractivity contribution in [1.82, 2.24) is 4.31 Å². The van der Waals surface area contributed by atoms with Crippen LogP contribution < -0.4 is 9.64 Å². The molecule has 6 nitrogen and oxygen atoms in total. The van der Waals surface area contributed by atoms with Crippen molar-refractivity contribution < 1.29 is 22.3 Å². The van der Waals surface area contributed by atoms with Gasteiger partial charge in [-0.3, -0.25) is 4.79 Å². The molecule has 0 spiro atoms. The molecule has 36 heavy (non-hydrogen) atoms. The minimum atomic E-state index is -3.86. The van der Waals surface area contributed by atoms with E-state index in [1.54, 1.807) is 0 Å². The van der Waals surface area contributed by atoms with Gasteiger partial charge in [0.1, 0.15) is 18.2 Å².